The maximum Gasteiger partial charge on any atom is 0.341 e. The Balaban J connectivity index is 1.82. The van der Waals surface area contributed by atoms with Gasteiger partial charge in [-0.2, -0.15) is 5.10 Å². The number of aromatic nitrogens is 2. The second-order valence-corrected chi connectivity index (χ2v) is 7.10. The van der Waals surface area contributed by atoms with Gasteiger partial charge in [-0.15, -0.1) is 0 Å². The van der Waals surface area contributed by atoms with Gasteiger partial charge in [-0.1, -0.05) is 6.07 Å². The Kier molecular flexibility index (Phi) is 6.15. The van der Waals surface area contributed by atoms with Gasteiger partial charge in [0.25, 0.3) is 0 Å². The van der Waals surface area contributed by atoms with Crippen LogP contribution in [0.1, 0.15) is 40.2 Å². The molecule has 2 heterocycles. The molecule has 7 nitrogen and oxygen atoms in total. The molecular weight excluding hydrogens is 416 g/mol. The van der Waals surface area contributed by atoms with Crippen molar-refractivity contribution < 1.29 is 23.8 Å². The summed E-state index contributed by atoms with van der Waals surface area (Å²) < 4.78 is 18.2. The van der Waals surface area contributed by atoms with E-state index < -0.39 is 5.97 Å². The molecule has 0 spiro atoms. The fraction of sp³-hybridized carbons (Fsp3) is 0.421. The first-order valence-electron chi connectivity index (χ1n) is 8.68. The summed E-state index contributed by atoms with van der Waals surface area (Å²) in [5, 5.41) is 4.55. The van der Waals surface area contributed by atoms with Crippen molar-refractivity contribution in [3.05, 3.63) is 45.2 Å². The molecule has 0 fully saturated rings. The van der Waals surface area contributed by atoms with Crippen molar-refractivity contribution in [2.45, 2.75) is 38.8 Å². The molecule has 0 saturated carbocycles. The van der Waals surface area contributed by atoms with Crippen molar-refractivity contribution in [2.75, 3.05) is 14.2 Å². The summed E-state index contributed by atoms with van der Waals surface area (Å²) in [7, 11) is 2.72. The normalized spacial score (nSPS) is 13.0. The van der Waals surface area contributed by atoms with Crippen LogP contribution in [-0.4, -0.2) is 35.9 Å². The van der Waals surface area contributed by atoms with Crippen LogP contribution in [-0.2, 0) is 40.3 Å². The Bertz CT molecular complexity index is 862. The van der Waals surface area contributed by atoms with Crippen LogP contribution in [0.25, 0.3) is 0 Å². The van der Waals surface area contributed by atoms with Crippen molar-refractivity contribution in [2.24, 2.45) is 0 Å². The number of aryl methyl sites for hydroxylation is 1. The minimum atomic E-state index is -0.393. The maximum atomic E-state index is 12.3. The third-order valence-electron chi connectivity index (χ3n) is 4.49. The summed E-state index contributed by atoms with van der Waals surface area (Å²) in [5.74, 6) is -0.147. The zero-order chi connectivity index (χ0) is 19.4. The molecule has 0 amide bonds. The highest BCUT2D eigenvalue weighted by Crippen LogP contribution is 2.29. The van der Waals surface area contributed by atoms with Crippen LogP contribution >= 0.6 is 15.9 Å². The van der Waals surface area contributed by atoms with Gasteiger partial charge in [0, 0.05) is 6.54 Å². The van der Waals surface area contributed by atoms with E-state index in [-0.39, 0.29) is 19.0 Å². The van der Waals surface area contributed by atoms with Gasteiger partial charge in [-0.25, -0.2) is 4.79 Å². The molecule has 0 atom stereocenters. The fourth-order valence-corrected chi connectivity index (χ4v) is 3.50. The van der Waals surface area contributed by atoms with Gasteiger partial charge >= 0.3 is 11.9 Å². The van der Waals surface area contributed by atoms with Gasteiger partial charge < -0.3 is 14.2 Å². The summed E-state index contributed by atoms with van der Waals surface area (Å²) in [5.41, 5.74) is 2.74. The lowest BCUT2D eigenvalue weighted by Crippen LogP contribution is -2.14. The Morgan fingerprint density at radius 1 is 1.22 bits per heavy atom. The molecule has 1 aromatic carbocycles. The highest BCUT2D eigenvalue weighted by atomic mass is 79.9. The molecule has 0 unspecified atom stereocenters. The number of hydrogen-bond acceptors (Lipinski definition) is 6. The van der Waals surface area contributed by atoms with Crippen molar-refractivity contribution >= 4 is 27.9 Å². The summed E-state index contributed by atoms with van der Waals surface area (Å²) in [4.78, 5) is 23.7. The quantitative estimate of drug-likeness (QED) is 0.647. The molecule has 0 aliphatic carbocycles. The number of methoxy groups -OCH3 is 2. The predicted molar refractivity (Wildman–Crippen MR) is 101 cm³/mol. The summed E-state index contributed by atoms with van der Waals surface area (Å²) >= 11 is 3.45. The number of carbonyl (C=O) groups is 2. The van der Waals surface area contributed by atoms with Crippen LogP contribution in [0.5, 0.6) is 5.75 Å². The Morgan fingerprint density at radius 2 is 2.04 bits per heavy atom. The minimum Gasteiger partial charge on any atom is -0.486 e. The summed E-state index contributed by atoms with van der Waals surface area (Å²) in [6.45, 7) is 0.919. The second kappa shape index (κ2) is 8.56. The van der Waals surface area contributed by atoms with E-state index in [1.165, 1.54) is 14.2 Å². The monoisotopic (exact) mass is 436 g/mol. The molecular formula is C19H21BrN2O5. The average molecular weight is 437 g/mol. The van der Waals surface area contributed by atoms with E-state index in [0.717, 1.165) is 41.5 Å². The number of fused-ring (bicyclic) bond motifs is 1. The van der Waals surface area contributed by atoms with E-state index in [2.05, 4.69) is 21.0 Å². The van der Waals surface area contributed by atoms with Crippen molar-refractivity contribution in [3.63, 3.8) is 0 Å². The highest BCUT2D eigenvalue weighted by Gasteiger charge is 2.26. The van der Waals surface area contributed by atoms with Crippen LogP contribution in [0.15, 0.2) is 22.7 Å². The van der Waals surface area contributed by atoms with Crippen LogP contribution in [0.2, 0.25) is 0 Å². The van der Waals surface area contributed by atoms with Crippen LogP contribution < -0.4 is 4.74 Å². The Morgan fingerprint density at radius 3 is 2.78 bits per heavy atom. The third kappa shape index (κ3) is 4.32. The van der Waals surface area contributed by atoms with E-state index in [9.17, 15) is 9.59 Å². The van der Waals surface area contributed by atoms with E-state index in [1.807, 2.05) is 16.8 Å². The number of benzene rings is 1. The molecule has 1 aliphatic heterocycles. The zero-order valence-electron chi connectivity index (χ0n) is 15.3. The molecule has 3 rings (SSSR count). The lowest BCUT2D eigenvalue weighted by molar-refractivity contribution is -0.139. The van der Waals surface area contributed by atoms with E-state index >= 15 is 0 Å². The number of esters is 2. The first kappa shape index (κ1) is 19.4. The van der Waals surface area contributed by atoms with E-state index in [4.69, 9.17) is 14.2 Å². The largest absolute Gasteiger partial charge is 0.486 e. The zero-order valence-corrected chi connectivity index (χ0v) is 16.9. The Hall–Kier alpha value is -2.35. The molecule has 0 N–H and O–H groups in total. The van der Waals surface area contributed by atoms with Gasteiger partial charge in [-0.3, -0.25) is 9.48 Å². The first-order valence-corrected chi connectivity index (χ1v) is 9.47. The molecule has 0 saturated heterocycles. The van der Waals surface area contributed by atoms with E-state index in [0.29, 0.717) is 17.0 Å². The minimum absolute atomic E-state index is 0.130. The van der Waals surface area contributed by atoms with Crippen LogP contribution in [0.3, 0.4) is 0 Å². The lowest BCUT2D eigenvalue weighted by atomic mass is 10.1. The first-order chi connectivity index (χ1) is 13.0. The van der Waals surface area contributed by atoms with Crippen molar-refractivity contribution in [3.8, 4) is 5.75 Å². The topological polar surface area (TPSA) is 79.7 Å². The fourth-order valence-electron chi connectivity index (χ4n) is 3.14. The number of nitrogens with zero attached hydrogens (tertiary/aromatic N) is 2. The number of rotatable bonds is 6. The molecule has 144 valence electrons. The second-order valence-electron chi connectivity index (χ2n) is 6.25. The van der Waals surface area contributed by atoms with Gasteiger partial charge in [0.15, 0.2) is 0 Å². The van der Waals surface area contributed by atoms with Crippen LogP contribution in [0.4, 0.5) is 0 Å². The molecule has 8 heteroatoms. The van der Waals surface area contributed by atoms with Crippen molar-refractivity contribution in [1.29, 1.82) is 0 Å². The van der Waals surface area contributed by atoms with E-state index in [1.54, 1.807) is 6.07 Å². The van der Waals surface area contributed by atoms with Gasteiger partial charge in [0.2, 0.25) is 0 Å². The molecule has 0 radical (unpaired) electrons. The van der Waals surface area contributed by atoms with Crippen LogP contribution in [0, 0.1) is 0 Å². The van der Waals surface area contributed by atoms with Gasteiger partial charge in [0.1, 0.15) is 23.6 Å². The maximum absolute atomic E-state index is 12.3. The molecule has 2 aromatic rings. The lowest BCUT2D eigenvalue weighted by Gasteiger charge is -2.13. The molecule has 1 aromatic heterocycles. The molecule has 1 aliphatic rings. The van der Waals surface area contributed by atoms with Gasteiger partial charge in [0.05, 0.1) is 30.8 Å². The smallest absolute Gasteiger partial charge is 0.341 e. The number of halogens is 1. The standard InChI is InChI=1S/C19H21BrN2O5/c1-25-17(23)10-12-6-7-13(20)16(9-12)27-11-14-18(19(24)26-2)15-5-3-4-8-22(15)21-14/h6-7,9H,3-5,8,10-11H2,1-2H3. The SMILES string of the molecule is COC(=O)Cc1ccc(Br)c(OCc2nn3c(c2C(=O)OC)CCCC3)c1. The predicted octanol–water partition coefficient (Wildman–Crippen LogP) is 3.06. The molecule has 0 bridgehead atoms. The van der Waals surface area contributed by atoms with Crippen molar-refractivity contribution in [1.82, 2.24) is 9.78 Å². The summed E-state index contributed by atoms with van der Waals surface area (Å²) in [6.07, 6.45) is 3.02. The highest BCUT2D eigenvalue weighted by molar-refractivity contribution is 9.10. The van der Waals surface area contributed by atoms with Gasteiger partial charge in [-0.05, 0) is 52.9 Å². The number of ether oxygens (including phenoxy) is 3. The summed E-state index contributed by atoms with van der Waals surface area (Å²) in [6, 6.07) is 5.41. The Labute approximate surface area is 165 Å². The third-order valence-corrected chi connectivity index (χ3v) is 5.14. The molecule has 27 heavy (non-hydrogen) atoms. The number of carbonyl (C=O) groups excluding carboxylic acids is 2. The number of hydrogen-bond donors (Lipinski definition) is 0. The average Bonchev–Trinajstić information content (AvgIpc) is 3.06.